The molecule has 1 amide bonds. The van der Waals surface area contributed by atoms with Gasteiger partial charge in [-0.05, 0) is 44.5 Å². The predicted molar refractivity (Wildman–Crippen MR) is 108 cm³/mol. The van der Waals surface area contributed by atoms with Gasteiger partial charge in [0.15, 0.2) is 6.61 Å². The van der Waals surface area contributed by atoms with Gasteiger partial charge in [-0.25, -0.2) is 0 Å². The van der Waals surface area contributed by atoms with Crippen LogP contribution in [0.4, 0.5) is 11.4 Å². The second-order valence-electron chi connectivity index (χ2n) is 6.06. The molecule has 2 aromatic carbocycles. The number of hydrogen-bond acceptors (Lipinski definition) is 5. The molecule has 0 heterocycles. The number of amides is 1. The van der Waals surface area contributed by atoms with E-state index in [4.69, 9.17) is 14.2 Å². The summed E-state index contributed by atoms with van der Waals surface area (Å²) in [6, 6.07) is 11.2. The van der Waals surface area contributed by atoms with Crippen molar-refractivity contribution < 1.29 is 19.0 Å². The van der Waals surface area contributed by atoms with Gasteiger partial charge in [0, 0.05) is 42.7 Å². The Kier molecular flexibility index (Phi) is 7.34. The van der Waals surface area contributed by atoms with Crippen molar-refractivity contribution in [2.75, 3.05) is 44.1 Å². The molecule has 0 spiro atoms. The summed E-state index contributed by atoms with van der Waals surface area (Å²) < 4.78 is 16.0. The Balaban J connectivity index is 2.00. The number of methoxy groups -OCH3 is 2. The van der Waals surface area contributed by atoms with Crippen molar-refractivity contribution in [3.63, 3.8) is 0 Å². The van der Waals surface area contributed by atoms with Crippen molar-refractivity contribution in [2.45, 2.75) is 20.8 Å². The smallest absolute Gasteiger partial charge is 0.262 e. The maximum Gasteiger partial charge on any atom is 0.262 e. The highest BCUT2D eigenvalue weighted by atomic mass is 16.5. The van der Waals surface area contributed by atoms with Gasteiger partial charge in [0.2, 0.25) is 0 Å². The number of rotatable bonds is 9. The fourth-order valence-corrected chi connectivity index (χ4v) is 2.77. The maximum absolute atomic E-state index is 12.3. The van der Waals surface area contributed by atoms with Gasteiger partial charge < -0.3 is 24.4 Å². The molecule has 0 aliphatic carbocycles. The molecule has 6 heteroatoms. The molecule has 2 rings (SSSR count). The standard InChI is InChI=1S/C21H28N2O4/c1-6-23(7-2)16-8-9-20(15(3)10-16)22-21(24)14-27-19-12-17(25-4)11-18(13-19)26-5/h8-13H,6-7,14H2,1-5H3,(H,22,24). The number of nitrogens with zero attached hydrogens (tertiary/aromatic N) is 1. The van der Waals surface area contributed by atoms with E-state index < -0.39 is 0 Å². The second kappa shape index (κ2) is 9.71. The Morgan fingerprint density at radius 1 is 0.963 bits per heavy atom. The molecule has 0 saturated carbocycles. The highest BCUT2D eigenvalue weighted by molar-refractivity contribution is 5.92. The summed E-state index contributed by atoms with van der Waals surface area (Å²) in [4.78, 5) is 14.5. The highest BCUT2D eigenvalue weighted by Gasteiger charge is 2.10. The van der Waals surface area contributed by atoms with Gasteiger partial charge in [-0.15, -0.1) is 0 Å². The van der Waals surface area contributed by atoms with E-state index in [0.29, 0.717) is 17.2 Å². The third kappa shape index (κ3) is 5.54. The number of anilines is 2. The first-order valence-corrected chi connectivity index (χ1v) is 9.02. The molecule has 146 valence electrons. The third-order valence-electron chi connectivity index (χ3n) is 4.31. The zero-order valence-electron chi connectivity index (χ0n) is 16.7. The van der Waals surface area contributed by atoms with Crippen molar-refractivity contribution in [1.82, 2.24) is 0 Å². The molecule has 0 aromatic heterocycles. The van der Waals surface area contributed by atoms with Gasteiger partial charge in [0.1, 0.15) is 17.2 Å². The molecule has 0 bridgehead atoms. The summed E-state index contributed by atoms with van der Waals surface area (Å²) in [7, 11) is 3.13. The number of carbonyl (C=O) groups excluding carboxylic acids is 1. The van der Waals surface area contributed by atoms with Crippen LogP contribution in [-0.4, -0.2) is 39.8 Å². The lowest BCUT2D eigenvalue weighted by Gasteiger charge is -2.22. The van der Waals surface area contributed by atoms with E-state index in [0.717, 1.165) is 30.0 Å². The van der Waals surface area contributed by atoms with E-state index in [1.807, 2.05) is 19.1 Å². The van der Waals surface area contributed by atoms with Crippen LogP contribution in [0.15, 0.2) is 36.4 Å². The summed E-state index contributed by atoms with van der Waals surface area (Å²) in [5, 5.41) is 2.89. The van der Waals surface area contributed by atoms with E-state index in [-0.39, 0.29) is 12.5 Å². The van der Waals surface area contributed by atoms with Gasteiger partial charge in [0.05, 0.1) is 14.2 Å². The number of benzene rings is 2. The van der Waals surface area contributed by atoms with Crippen LogP contribution in [0.1, 0.15) is 19.4 Å². The molecule has 6 nitrogen and oxygen atoms in total. The fraction of sp³-hybridized carbons (Fsp3) is 0.381. The SMILES string of the molecule is CCN(CC)c1ccc(NC(=O)COc2cc(OC)cc(OC)c2)c(C)c1. The van der Waals surface area contributed by atoms with Gasteiger partial charge >= 0.3 is 0 Å². The summed E-state index contributed by atoms with van der Waals surface area (Å²) in [6.07, 6.45) is 0. The van der Waals surface area contributed by atoms with Crippen LogP contribution >= 0.6 is 0 Å². The zero-order chi connectivity index (χ0) is 19.8. The lowest BCUT2D eigenvalue weighted by molar-refractivity contribution is -0.118. The predicted octanol–water partition coefficient (Wildman–Crippen LogP) is 3.88. The van der Waals surface area contributed by atoms with Crippen LogP contribution in [0, 0.1) is 6.92 Å². The fourth-order valence-electron chi connectivity index (χ4n) is 2.77. The van der Waals surface area contributed by atoms with Gasteiger partial charge in [-0.1, -0.05) is 0 Å². The van der Waals surface area contributed by atoms with E-state index >= 15 is 0 Å². The summed E-state index contributed by atoms with van der Waals surface area (Å²) in [5.74, 6) is 1.49. The van der Waals surface area contributed by atoms with Crippen LogP contribution in [-0.2, 0) is 4.79 Å². The number of nitrogens with one attached hydrogen (secondary N) is 1. The van der Waals surface area contributed by atoms with Gasteiger partial charge in [0.25, 0.3) is 5.91 Å². The third-order valence-corrected chi connectivity index (χ3v) is 4.31. The van der Waals surface area contributed by atoms with Crippen molar-refractivity contribution in [3.8, 4) is 17.2 Å². The van der Waals surface area contributed by atoms with E-state index in [1.165, 1.54) is 0 Å². The van der Waals surface area contributed by atoms with Crippen molar-refractivity contribution in [2.24, 2.45) is 0 Å². The Bertz CT molecular complexity index is 751. The lowest BCUT2D eigenvalue weighted by Crippen LogP contribution is -2.23. The minimum Gasteiger partial charge on any atom is -0.496 e. The number of aryl methyl sites for hydroxylation is 1. The minimum absolute atomic E-state index is 0.104. The first kappa shape index (κ1) is 20.4. The number of hydrogen-bond donors (Lipinski definition) is 1. The Morgan fingerprint density at radius 3 is 2.07 bits per heavy atom. The van der Waals surface area contributed by atoms with Gasteiger partial charge in [-0.2, -0.15) is 0 Å². The largest absolute Gasteiger partial charge is 0.496 e. The molecule has 0 fully saturated rings. The molecular weight excluding hydrogens is 344 g/mol. The highest BCUT2D eigenvalue weighted by Crippen LogP contribution is 2.27. The zero-order valence-corrected chi connectivity index (χ0v) is 16.7. The monoisotopic (exact) mass is 372 g/mol. The van der Waals surface area contributed by atoms with E-state index in [1.54, 1.807) is 32.4 Å². The number of carbonyl (C=O) groups is 1. The molecule has 0 radical (unpaired) electrons. The quantitative estimate of drug-likeness (QED) is 0.724. The second-order valence-corrected chi connectivity index (χ2v) is 6.06. The summed E-state index contributed by atoms with van der Waals surface area (Å²) >= 11 is 0. The van der Waals surface area contributed by atoms with Crippen LogP contribution in [0.2, 0.25) is 0 Å². The molecule has 0 unspecified atom stereocenters. The minimum atomic E-state index is -0.226. The first-order valence-electron chi connectivity index (χ1n) is 9.02. The molecule has 2 aromatic rings. The van der Waals surface area contributed by atoms with Crippen LogP contribution in [0.25, 0.3) is 0 Å². The molecule has 27 heavy (non-hydrogen) atoms. The Hall–Kier alpha value is -2.89. The van der Waals surface area contributed by atoms with Crippen LogP contribution in [0.3, 0.4) is 0 Å². The summed E-state index contributed by atoms with van der Waals surface area (Å²) in [5.41, 5.74) is 2.94. The Morgan fingerprint density at radius 2 is 1.56 bits per heavy atom. The van der Waals surface area contributed by atoms with Crippen LogP contribution in [0.5, 0.6) is 17.2 Å². The summed E-state index contributed by atoms with van der Waals surface area (Å²) in [6.45, 7) is 8.02. The molecule has 0 aliphatic rings. The van der Waals surface area contributed by atoms with E-state index in [2.05, 4.69) is 30.1 Å². The van der Waals surface area contributed by atoms with E-state index in [9.17, 15) is 4.79 Å². The average Bonchev–Trinajstić information content (AvgIpc) is 2.69. The average molecular weight is 372 g/mol. The molecular formula is C21H28N2O4. The van der Waals surface area contributed by atoms with Gasteiger partial charge in [-0.3, -0.25) is 4.79 Å². The van der Waals surface area contributed by atoms with Crippen LogP contribution < -0.4 is 24.4 Å². The molecule has 0 saturated heterocycles. The molecule has 0 atom stereocenters. The number of ether oxygens (including phenoxy) is 3. The topological polar surface area (TPSA) is 60.0 Å². The van der Waals surface area contributed by atoms with Crippen molar-refractivity contribution in [3.05, 3.63) is 42.0 Å². The Labute approximate surface area is 161 Å². The van der Waals surface area contributed by atoms with Crippen molar-refractivity contribution >= 4 is 17.3 Å². The normalized spacial score (nSPS) is 10.3. The maximum atomic E-state index is 12.3. The molecule has 0 aliphatic heterocycles. The first-order chi connectivity index (χ1) is 13.0. The lowest BCUT2D eigenvalue weighted by atomic mass is 10.1. The molecule has 1 N–H and O–H groups in total. The van der Waals surface area contributed by atoms with Crippen molar-refractivity contribution in [1.29, 1.82) is 0 Å².